The van der Waals surface area contributed by atoms with Crippen LogP contribution in [0.2, 0.25) is 0 Å². The van der Waals surface area contributed by atoms with Crippen molar-refractivity contribution in [2.24, 2.45) is 0 Å². The van der Waals surface area contributed by atoms with Crippen molar-refractivity contribution in [3.8, 4) is 0 Å². The highest BCUT2D eigenvalue weighted by molar-refractivity contribution is 5.90. The van der Waals surface area contributed by atoms with E-state index in [1.165, 1.54) is 10.6 Å². The van der Waals surface area contributed by atoms with Gasteiger partial charge in [-0.2, -0.15) is 0 Å². The van der Waals surface area contributed by atoms with Crippen molar-refractivity contribution in [1.29, 1.82) is 0 Å². The molecule has 1 heterocycles. The van der Waals surface area contributed by atoms with Crippen molar-refractivity contribution >= 4 is 29.8 Å². The third-order valence-corrected chi connectivity index (χ3v) is 5.45. The fourth-order valence-corrected chi connectivity index (χ4v) is 3.67. The summed E-state index contributed by atoms with van der Waals surface area (Å²) >= 11 is 0. The molecule has 0 saturated heterocycles. The zero-order valence-electron chi connectivity index (χ0n) is 19.5. The Bertz CT molecular complexity index is 1270. The molecule has 0 aliphatic rings. The second-order valence-corrected chi connectivity index (χ2v) is 8.21. The Labute approximate surface area is 215 Å². The fraction of sp³-hybridized carbons (Fsp3) is 0.250. The number of rotatable bonds is 12. The van der Waals surface area contributed by atoms with Gasteiger partial charge >= 0.3 is 0 Å². The first-order valence-corrected chi connectivity index (χ1v) is 11.4. The predicted molar refractivity (Wildman–Crippen MR) is 138 cm³/mol. The average molecular weight is 505 g/mol. The molecule has 0 aliphatic heterocycles. The number of hydrogen-bond acceptors (Lipinski definition) is 6. The molecule has 0 bridgehead atoms. The lowest BCUT2D eigenvalue weighted by Gasteiger charge is -2.17. The molecule has 1 atom stereocenters. The molecule has 37 heavy (non-hydrogen) atoms. The van der Waals surface area contributed by atoms with Crippen molar-refractivity contribution in [2.45, 2.75) is 45.7 Å². The number of pyridine rings is 1. The molecule has 2 N–H and O–H groups in total. The van der Waals surface area contributed by atoms with Crippen LogP contribution in [0.5, 0.6) is 0 Å². The monoisotopic (exact) mass is 504 g/mol. The van der Waals surface area contributed by atoms with Crippen LogP contribution in [0.4, 0.5) is 5.69 Å². The second kappa shape index (κ2) is 14.1. The van der Waals surface area contributed by atoms with Crippen LogP contribution >= 0.6 is 0 Å². The normalized spacial score (nSPS) is 11.0. The lowest BCUT2D eigenvalue weighted by molar-refractivity contribution is -0.306. The largest absolute Gasteiger partial charge is 0.550 e. The summed E-state index contributed by atoms with van der Waals surface area (Å²) in [4.78, 5) is 60.2. The standard InChI is InChI=1S/C27H27N3O6.CH4/c31-18-21(16-26(34)35)28-25(33)17-30-22(15-20-9-5-2-6-10-20)12-13-23(27(30)36)29-24(32)14-11-19-7-3-1-4-8-19;/h1-10,12-13,18,21H,11,14-17H2,(H,28,33)(H,29,32)(H,34,35);1H4/p-1/t21-;/m0./s1. The molecule has 0 aliphatic carbocycles. The molecule has 0 saturated carbocycles. The van der Waals surface area contributed by atoms with Crippen molar-refractivity contribution in [2.75, 3.05) is 5.32 Å². The van der Waals surface area contributed by atoms with Gasteiger partial charge in [0, 0.05) is 30.9 Å². The first-order valence-electron chi connectivity index (χ1n) is 11.4. The van der Waals surface area contributed by atoms with E-state index in [0.29, 0.717) is 24.8 Å². The summed E-state index contributed by atoms with van der Waals surface area (Å²) in [6, 6.07) is 20.6. The first-order chi connectivity index (χ1) is 17.4. The van der Waals surface area contributed by atoms with E-state index >= 15 is 0 Å². The zero-order chi connectivity index (χ0) is 25.9. The van der Waals surface area contributed by atoms with Gasteiger partial charge in [0.2, 0.25) is 11.8 Å². The number of carboxylic acid groups (broad SMARTS) is 1. The molecule has 194 valence electrons. The third kappa shape index (κ3) is 8.88. The molecule has 9 nitrogen and oxygen atoms in total. The Morgan fingerprint density at radius 3 is 2.11 bits per heavy atom. The van der Waals surface area contributed by atoms with Crippen molar-refractivity contribution in [3.63, 3.8) is 0 Å². The van der Waals surface area contributed by atoms with E-state index < -0.39 is 36.4 Å². The predicted octanol–water partition coefficient (Wildman–Crippen LogP) is 1.47. The lowest BCUT2D eigenvalue weighted by atomic mass is 10.1. The zero-order valence-corrected chi connectivity index (χ0v) is 19.5. The van der Waals surface area contributed by atoms with E-state index in [0.717, 1.165) is 11.1 Å². The minimum Gasteiger partial charge on any atom is -0.550 e. The molecule has 3 rings (SSSR count). The Kier molecular flexibility index (Phi) is 11.0. The maximum absolute atomic E-state index is 13.3. The lowest BCUT2D eigenvalue weighted by Crippen LogP contribution is -2.43. The third-order valence-electron chi connectivity index (χ3n) is 5.45. The summed E-state index contributed by atoms with van der Waals surface area (Å²) in [6.45, 7) is -0.466. The molecule has 0 fully saturated rings. The number of anilines is 1. The Morgan fingerprint density at radius 1 is 0.892 bits per heavy atom. The van der Waals surface area contributed by atoms with Gasteiger partial charge in [-0.05, 0) is 29.7 Å². The van der Waals surface area contributed by atoms with Crippen LogP contribution in [0.3, 0.4) is 0 Å². The summed E-state index contributed by atoms with van der Waals surface area (Å²) in [5.41, 5.74) is 1.81. The number of carbonyl (C=O) groups is 4. The summed E-state index contributed by atoms with van der Waals surface area (Å²) in [6.07, 6.45) is 0.617. The molecule has 2 amide bonds. The second-order valence-electron chi connectivity index (χ2n) is 8.21. The Balaban J connectivity index is 0.00000481. The van der Waals surface area contributed by atoms with Gasteiger partial charge in [-0.25, -0.2) is 0 Å². The van der Waals surface area contributed by atoms with Gasteiger partial charge < -0.3 is 29.9 Å². The maximum atomic E-state index is 13.3. The van der Waals surface area contributed by atoms with Crippen LogP contribution in [0.1, 0.15) is 37.1 Å². The molecular weight excluding hydrogens is 474 g/mol. The maximum Gasteiger partial charge on any atom is 0.275 e. The van der Waals surface area contributed by atoms with E-state index in [-0.39, 0.29) is 25.4 Å². The summed E-state index contributed by atoms with van der Waals surface area (Å²) in [5.74, 6) is -2.57. The van der Waals surface area contributed by atoms with Gasteiger partial charge in [0.15, 0.2) is 0 Å². The van der Waals surface area contributed by atoms with Crippen LogP contribution in [0, 0.1) is 0 Å². The number of aliphatic carboxylic acids is 1. The quantitative estimate of drug-likeness (QED) is 0.358. The Hall–Kier alpha value is -4.53. The van der Waals surface area contributed by atoms with Crippen LogP contribution in [0.25, 0.3) is 0 Å². The van der Waals surface area contributed by atoms with Gasteiger partial charge in [0.05, 0.1) is 6.04 Å². The Morgan fingerprint density at radius 2 is 1.51 bits per heavy atom. The number of amides is 2. The fourth-order valence-electron chi connectivity index (χ4n) is 3.67. The molecular formula is C28H30N3O6-. The van der Waals surface area contributed by atoms with Gasteiger partial charge in [-0.15, -0.1) is 0 Å². The smallest absolute Gasteiger partial charge is 0.275 e. The highest BCUT2D eigenvalue weighted by Crippen LogP contribution is 2.12. The van der Waals surface area contributed by atoms with Gasteiger partial charge in [-0.1, -0.05) is 68.1 Å². The van der Waals surface area contributed by atoms with Crippen LogP contribution < -0.4 is 21.3 Å². The van der Waals surface area contributed by atoms with Gasteiger partial charge in [0.25, 0.3) is 5.56 Å². The number of aryl methyl sites for hydroxylation is 1. The summed E-state index contributed by atoms with van der Waals surface area (Å²) in [7, 11) is 0. The number of nitrogens with one attached hydrogen (secondary N) is 2. The van der Waals surface area contributed by atoms with E-state index in [1.54, 1.807) is 6.07 Å². The van der Waals surface area contributed by atoms with Gasteiger partial charge in [-0.3, -0.25) is 14.4 Å². The summed E-state index contributed by atoms with van der Waals surface area (Å²) < 4.78 is 1.20. The average Bonchev–Trinajstić information content (AvgIpc) is 2.87. The van der Waals surface area contributed by atoms with E-state index in [2.05, 4.69) is 10.6 Å². The molecule has 0 unspecified atom stereocenters. The molecule has 2 aromatic carbocycles. The topological polar surface area (TPSA) is 137 Å². The van der Waals surface area contributed by atoms with Crippen LogP contribution in [0.15, 0.2) is 77.6 Å². The number of aromatic nitrogens is 1. The number of nitrogens with zero attached hydrogens (tertiary/aromatic N) is 1. The highest BCUT2D eigenvalue weighted by Gasteiger charge is 2.17. The molecule has 3 aromatic rings. The number of carboxylic acids is 1. The van der Waals surface area contributed by atoms with E-state index in [4.69, 9.17) is 0 Å². The van der Waals surface area contributed by atoms with Crippen molar-refractivity contribution in [1.82, 2.24) is 9.88 Å². The molecule has 9 heteroatoms. The molecule has 0 radical (unpaired) electrons. The number of aldehydes is 1. The summed E-state index contributed by atoms with van der Waals surface area (Å²) in [5, 5.41) is 15.7. The van der Waals surface area contributed by atoms with Crippen LogP contribution in [-0.4, -0.2) is 34.7 Å². The SMILES string of the molecule is C.O=C[C@H](CC(=O)[O-])NC(=O)Cn1c(Cc2ccccc2)ccc(NC(=O)CCc2ccccc2)c1=O. The molecule has 1 aromatic heterocycles. The van der Waals surface area contributed by atoms with Crippen LogP contribution in [-0.2, 0) is 38.6 Å². The number of carbonyl (C=O) groups excluding carboxylic acids is 4. The van der Waals surface area contributed by atoms with Crippen molar-refractivity contribution < 1.29 is 24.3 Å². The number of hydrogen-bond donors (Lipinski definition) is 2. The van der Waals surface area contributed by atoms with Crippen molar-refractivity contribution in [3.05, 3.63) is 100.0 Å². The van der Waals surface area contributed by atoms with Gasteiger partial charge in [0.1, 0.15) is 18.5 Å². The first kappa shape index (κ1) is 28.7. The highest BCUT2D eigenvalue weighted by atomic mass is 16.4. The van der Waals surface area contributed by atoms with E-state index in [9.17, 15) is 29.1 Å². The van der Waals surface area contributed by atoms with E-state index in [1.807, 2.05) is 60.7 Å². The number of benzene rings is 2. The molecule has 0 spiro atoms. The minimum atomic E-state index is -1.49. The minimum absolute atomic E-state index is 0.